The van der Waals surface area contributed by atoms with Crippen molar-refractivity contribution in [2.45, 2.75) is 13.0 Å². The van der Waals surface area contributed by atoms with Gasteiger partial charge in [0.25, 0.3) is 0 Å². The van der Waals surface area contributed by atoms with Crippen LogP contribution in [0.5, 0.6) is 11.5 Å². The van der Waals surface area contributed by atoms with Crippen molar-refractivity contribution < 1.29 is 9.47 Å². The van der Waals surface area contributed by atoms with Crippen molar-refractivity contribution in [1.82, 2.24) is 4.98 Å². The van der Waals surface area contributed by atoms with Gasteiger partial charge < -0.3 is 14.8 Å². The number of pyridine rings is 1. The number of nitrogens with zero attached hydrogens (tertiary/aromatic N) is 2. The van der Waals surface area contributed by atoms with Gasteiger partial charge in [0.15, 0.2) is 11.5 Å². The summed E-state index contributed by atoms with van der Waals surface area (Å²) < 4.78 is 12.1. The van der Waals surface area contributed by atoms with Gasteiger partial charge in [-0.15, -0.1) is 0 Å². The van der Waals surface area contributed by atoms with Crippen LogP contribution >= 0.6 is 15.9 Å². The third-order valence-corrected chi connectivity index (χ3v) is 4.07. The van der Waals surface area contributed by atoms with Gasteiger partial charge in [-0.25, -0.2) is 4.98 Å². The van der Waals surface area contributed by atoms with Gasteiger partial charge in [-0.05, 0) is 36.8 Å². The SMILES string of the molecule is CC(Nc1ccc(C#N)cn1)c1cc2c(cc1Br)OCCO2. The van der Waals surface area contributed by atoms with E-state index >= 15 is 0 Å². The van der Waals surface area contributed by atoms with Crippen LogP contribution in [0.25, 0.3) is 0 Å². The van der Waals surface area contributed by atoms with Crippen LogP contribution in [0.2, 0.25) is 0 Å². The maximum atomic E-state index is 8.79. The highest BCUT2D eigenvalue weighted by Crippen LogP contribution is 2.38. The number of hydrogen-bond donors (Lipinski definition) is 1. The van der Waals surface area contributed by atoms with Crippen LogP contribution in [0.1, 0.15) is 24.1 Å². The van der Waals surface area contributed by atoms with E-state index in [9.17, 15) is 0 Å². The zero-order chi connectivity index (χ0) is 15.5. The fourth-order valence-electron chi connectivity index (χ4n) is 2.26. The molecule has 0 amide bonds. The van der Waals surface area contributed by atoms with Gasteiger partial charge in [-0.2, -0.15) is 5.26 Å². The molecule has 1 aliphatic heterocycles. The third-order valence-electron chi connectivity index (χ3n) is 3.38. The van der Waals surface area contributed by atoms with E-state index in [1.165, 1.54) is 0 Å². The van der Waals surface area contributed by atoms with E-state index in [1.807, 2.05) is 19.1 Å². The summed E-state index contributed by atoms with van der Waals surface area (Å²) >= 11 is 3.57. The van der Waals surface area contributed by atoms with Crippen LogP contribution in [-0.2, 0) is 0 Å². The quantitative estimate of drug-likeness (QED) is 0.905. The summed E-state index contributed by atoms with van der Waals surface area (Å²) in [5.74, 6) is 2.23. The second-order valence-electron chi connectivity index (χ2n) is 4.93. The predicted molar refractivity (Wildman–Crippen MR) is 86.1 cm³/mol. The largest absolute Gasteiger partial charge is 0.486 e. The van der Waals surface area contributed by atoms with Crippen molar-refractivity contribution in [1.29, 1.82) is 5.26 Å². The summed E-state index contributed by atoms with van der Waals surface area (Å²) in [6.45, 7) is 3.17. The summed E-state index contributed by atoms with van der Waals surface area (Å²) in [4.78, 5) is 4.23. The van der Waals surface area contributed by atoms with E-state index < -0.39 is 0 Å². The Balaban J connectivity index is 1.82. The standard InChI is InChI=1S/C16H14BrN3O2/c1-10(20-16-3-2-11(8-18)9-19-16)12-6-14-15(7-13(12)17)22-5-4-21-14/h2-3,6-7,9-10H,4-5H2,1H3,(H,19,20). The van der Waals surface area contributed by atoms with Crippen LogP contribution in [0.15, 0.2) is 34.9 Å². The van der Waals surface area contributed by atoms with E-state index in [1.54, 1.807) is 18.3 Å². The molecule has 1 aromatic carbocycles. The first-order valence-electron chi connectivity index (χ1n) is 6.89. The smallest absolute Gasteiger partial charge is 0.162 e. The number of aromatic nitrogens is 1. The first kappa shape index (κ1) is 14.7. The number of nitrogens with one attached hydrogen (secondary N) is 1. The molecular formula is C16H14BrN3O2. The molecule has 6 heteroatoms. The molecule has 1 aromatic heterocycles. The highest BCUT2D eigenvalue weighted by molar-refractivity contribution is 9.10. The average Bonchev–Trinajstić information content (AvgIpc) is 2.54. The Kier molecular flexibility index (Phi) is 4.16. The molecule has 1 atom stereocenters. The molecule has 1 unspecified atom stereocenters. The van der Waals surface area contributed by atoms with Crippen LogP contribution in [-0.4, -0.2) is 18.2 Å². The molecule has 0 spiro atoms. The molecular weight excluding hydrogens is 346 g/mol. The number of nitriles is 1. The highest BCUT2D eigenvalue weighted by Gasteiger charge is 2.18. The monoisotopic (exact) mass is 359 g/mol. The lowest BCUT2D eigenvalue weighted by atomic mass is 10.1. The van der Waals surface area contributed by atoms with Crippen LogP contribution in [0, 0.1) is 11.3 Å². The Morgan fingerprint density at radius 1 is 1.27 bits per heavy atom. The second kappa shape index (κ2) is 6.24. The highest BCUT2D eigenvalue weighted by atomic mass is 79.9. The van der Waals surface area contributed by atoms with Gasteiger partial charge >= 0.3 is 0 Å². The lowest BCUT2D eigenvalue weighted by Gasteiger charge is -2.22. The van der Waals surface area contributed by atoms with Gasteiger partial charge in [0.05, 0.1) is 11.6 Å². The van der Waals surface area contributed by atoms with Gasteiger partial charge in [0.1, 0.15) is 25.1 Å². The molecule has 0 radical (unpaired) electrons. The molecule has 0 saturated heterocycles. The summed E-state index contributed by atoms with van der Waals surface area (Å²) in [7, 11) is 0. The van der Waals surface area contributed by atoms with Crippen LogP contribution in [0.3, 0.4) is 0 Å². The molecule has 0 fully saturated rings. The molecule has 1 N–H and O–H groups in total. The fourth-order valence-corrected chi connectivity index (χ4v) is 2.92. The number of anilines is 1. The number of ether oxygens (including phenoxy) is 2. The first-order chi connectivity index (χ1) is 10.7. The normalized spacial score (nSPS) is 14.0. The van der Waals surface area contributed by atoms with Crippen LogP contribution < -0.4 is 14.8 Å². The summed E-state index contributed by atoms with van der Waals surface area (Å²) in [5.41, 5.74) is 1.59. The molecule has 0 aliphatic carbocycles. The summed E-state index contributed by atoms with van der Waals surface area (Å²) in [5, 5.41) is 12.1. The van der Waals surface area contributed by atoms with Crippen molar-refractivity contribution in [3.05, 3.63) is 46.1 Å². The van der Waals surface area contributed by atoms with Gasteiger partial charge in [-0.3, -0.25) is 0 Å². The zero-order valence-corrected chi connectivity index (χ0v) is 13.6. The lowest BCUT2D eigenvalue weighted by Crippen LogP contribution is -2.16. The van der Waals surface area contributed by atoms with Crippen molar-refractivity contribution in [3.8, 4) is 17.6 Å². The van der Waals surface area contributed by atoms with E-state index in [0.29, 0.717) is 24.6 Å². The number of benzene rings is 1. The molecule has 22 heavy (non-hydrogen) atoms. The summed E-state index contributed by atoms with van der Waals surface area (Å²) in [6, 6.07) is 9.50. The van der Waals surface area contributed by atoms with Gasteiger partial charge in [-0.1, -0.05) is 15.9 Å². The van der Waals surface area contributed by atoms with Crippen LogP contribution in [0.4, 0.5) is 5.82 Å². The fraction of sp³-hybridized carbons (Fsp3) is 0.250. The maximum absolute atomic E-state index is 8.79. The third kappa shape index (κ3) is 3.00. The number of rotatable bonds is 3. The molecule has 2 heterocycles. The molecule has 0 bridgehead atoms. The first-order valence-corrected chi connectivity index (χ1v) is 7.68. The lowest BCUT2D eigenvalue weighted by molar-refractivity contribution is 0.171. The maximum Gasteiger partial charge on any atom is 0.162 e. The Morgan fingerprint density at radius 3 is 2.64 bits per heavy atom. The average molecular weight is 360 g/mol. The van der Waals surface area contributed by atoms with Crippen molar-refractivity contribution in [2.24, 2.45) is 0 Å². The number of halogens is 1. The van der Waals surface area contributed by atoms with E-state index in [-0.39, 0.29) is 6.04 Å². The van der Waals surface area contributed by atoms with Crippen molar-refractivity contribution in [2.75, 3.05) is 18.5 Å². The molecule has 3 rings (SSSR count). The molecule has 5 nitrogen and oxygen atoms in total. The second-order valence-corrected chi connectivity index (χ2v) is 5.78. The number of hydrogen-bond acceptors (Lipinski definition) is 5. The van der Waals surface area contributed by atoms with E-state index in [0.717, 1.165) is 21.5 Å². The summed E-state index contributed by atoms with van der Waals surface area (Å²) in [6.07, 6.45) is 1.55. The molecule has 2 aromatic rings. The Bertz CT molecular complexity index is 725. The molecule has 112 valence electrons. The Labute approximate surface area is 137 Å². The van der Waals surface area contributed by atoms with Crippen molar-refractivity contribution >= 4 is 21.7 Å². The topological polar surface area (TPSA) is 67.2 Å². The Hall–Kier alpha value is -2.26. The molecule has 0 saturated carbocycles. The zero-order valence-electron chi connectivity index (χ0n) is 12.0. The molecule has 1 aliphatic rings. The minimum absolute atomic E-state index is 0.0191. The Morgan fingerprint density at radius 2 is 2.00 bits per heavy atom. The number of fused-ring (bicyclic) bond motifs is 1. The van der Waals surface area contributed by atoms with Gasteiger partial charge in [0, 0.05) is 10.7 Å². The van der Waals surface area contributed by atoms with Gasteiger partial charge in [0.2, 0.25) is 0 Å². The van der Waals surface area contributed by atoms with E-state index in [2.05, 4.69) is 32.3 Å². The van der Waals surface area contributed by atoms with Crippen molar-refractivity contribution in [3.63, 3.8) is 0 Å². The van der Waals surface area contributed by atoms with E-state index in [4.69, 9.17) is 14.7 Å². The minimum Gasteiger partial charge on any atom is -0.486 e. The minimum atomic E-state index is 0.0191. The predicted octanol–water partition coefficient (Wildman–Crippen LogP) is 3.66.